The summed E-state index contributed by atoms with van der Waals surface area (Å²) in [7, 11) is 1.35. The number of anilines is 1. The molecule has 0 saturated carbocycles. The van der Waals surface area contributed by atoms with Crippen molar-refractivity contribution >= 4 is 33.3 Å². The summed E-state index contributed by atoms with van der Waals surface area (Å²) in [5.74, 6) is 0.609. The molecule has 0 spiro atoms. The second kappa shape index (κ2) is 8.16. The van der Waals surface area contributed by atoms with Crippen LogP contribution in [-0.4, -0.2) is 60.7 Å². The van der Waals surface area contributed by atoms with Crippen molar-refractivity contribution in [1.82, 2.24) is 14.9 Å². The highest BCUT2D eigenvalue weighted by Crippen LogP contribution is 2.31. The third-order valence-electron chi connectivity index (χ3n) is 4.73. The molecule has 0 N–H and O–H groups in total. The molecule has 1 aromatic carbocycles. The largest absolute Gasteiger partial charge is 0.493 e. The number of aromatic nitrogens is 2. The highest BCUT2D eigenvalue weighted by atomic mass is 32.1. The number of piperazine rings is 1. The van der Waals surface area contributed by atoms with Gasteiger partial charge in [0.1, 0.15) is 17.0 Å². The lowest BCUT2D eigenvalue weighted by Crippen LogP contribution is -2.49. The Morgan fingerprint density at radius 1 is 1.14 bits per heavy atom. The van der Waals surface area contributed by atoms with Gasteiger partial charge in [0.2, 0.25) is 0 Å². The van der Waals surface area contributed by atoms with Gasteiger partial charge in [-0.2, -0.15) is 8.78 Å². The van der Waals surface area contributed by atoms with Gasteiger partial charge < -0.3 is 19.3 Å². The van der Waals surface area contributed by atoms with Gasteiger partial charge in [0.25, 0.3) is 5.91 Å². The van der Waals surface area contributed by atoms with Crippen molar-refractivity contribution in [2.75, 3.05) is 38.2 Å². The zero-order valence-electron chi connectivity index (χ0n) is 15.5. The number of ether oxygens (including phenoxy) is 2. The number of halogens is 2. The lowest BCUT2D eigenvalue weighted by molar-refractivity contribution is -0.0512. The monoisotopic (exact) mass is 420 g/mol. The molecule has 4 rings (SSSR count). The van der Waals surface area contributed by atoms with E-state index in [9.17, 15) is 13.6 Å². The molecule has 0 atom stereocenters. The van der Waals surface area contributed by atoms with Gasteiger partial charge in [0, 0.05) is 31.7 Å². The number of amides is 1. The molecule has 3 heterocycles. The Bertz CT molecular complexity index is 1020. The molecular formula is C19H18F2N4O3S. The average Bonchev–Trinajstić information content (AvgIpc) is 3.22. The van der Waals surface area contributed by atoms with Crippen LogP contribution in [0.2, 0.25) is 0 Å². The minimum atomic E-state index is -3.00. The second-order valence-electron chi connectivity index (χ2n) is 6.36. The number of nitrogens with zero attached hydrogens (tertiary/aromatic N) is 4. The first-order valence-electron chi connectivity index (χ1n) is 8.92. The Morgan fingerprint density at radius 2 is 1.93 bits per heavy atom. The number of fused-ring (bicyclic) bond motifs is 1. The van der Waals surface area contributed by atoms with Gasteiger partial charge in [0.15, 0.2) is 11.5 Å². The molecule has 7 nitrogen and oxygen atoms in total. The fraction of sp³-hybridized carbons (Fsp3) is 0.316. The Morgan fingerprint density at radius 3 is 2.66 bits per heavy atom. The number of hydrogen-bond donors (Lipinski definition) is 0. The number of hydrogen-bond acceptors (Lipinski definition) is 7. The van der Waals surface area contributed by atoms with E-state index in [2.05, 4.69) is 19.6 Å². The number of carbonyl (C=O) groups excluding carboxylic acids is 1. The van der Waals surface area contributed by atoms with E-state index in [-0.39, 0.29) is 23.0 Å². The lowest BCUT2D eigenvalue weighted by atomic mass is 10.1. The van der Waals surface area contributed by atoms with Crippen LogP contribution in [0.25, 0.3) is 10.2 Å². The Labute approximate surface area is 169 Å². The normalized spacial score (nSPS) is 14.5. The van der Waals surface area contributed by atoms with Crippen LogP contribution in [0.3, 0.4) is 0 Å². The molecule has 1 aliphatic rings. The van der Waals surface area contributed by atoms with Crippen molar-refractivity contribution in [2.24, 2.45) is 0 Å². The molecule has 1 saturated heterocycles. The number of benzene rings is 1. The summed E-state index contributed by atoms with van der Waals surface area (Å²) >= 11 is 1.56. The van der Waals surface area contributed by atoms with Gasteiger partial charge in [-0.15, -0.1) is 11.3 Å². The Balaban J connectivity index is 1.47. The first kappa shape index (κ1) is 19.3. The van der Waals surface area contributed by atoms with E-state index >= 15 is 0 Å². The second-order valence-corrected chi connectivity index (χ2v) is 7.25. The van der Waals surface area contributed by atoms with E-state index in [4.69, 9.17) is 4.74 Å². The fourth-order valence-electron chi connectivity index (χ4n) is 3.33. The maximum absolute atomic E-state index is 12.9. The van der Waals surface area contributed by atoms with Crippen molar-refractivity contribution < 1.29 is 23.0 Å². The first-order chi connectivity index (χ1) is 14.1. The Kier molecular flexibility index (Phi) is 5.43. The molecule has 152 valence electrons. The van der Waals surface area contributed by atoms with Crippen LogP contribution in [0, 0.1) is 0 Å². The smallest absolute Gasteiger partial charge is 0.387 e. The fourth-order valence-corrected chi connectivity index (χ4v) is 4.06. The quantitative estimate of drug-likeness (QED) is 0.631. The van der Waals surface area contributed by atoms with Gasteiger partial charge in [-0.25, -0.2) is 9.97 Å². The third kappa shape index (κ3) is 3.93. The van der Waals surface area contributed by atoms with Crippen molar-refractivity contribution in [3.05, 3.63) is 41.5 Å². The minimum Gasteiger partial charge on any atom is -0.493 e. The van der Waals surface area contributed by atoms with Crippen molar-refractivity contribution in [3.8, 4) is 11.5 Å². The van der Waals surface area contributed by atoms with E-state index in [1.807, 2.05) is 11.4 Å². The maximum atomic E-state index is 12.9. The Hall–Kier alpha value is -3.01. The molecule has 3 aromatic rings. The molecule has 0 aliphatic carbocycles. The summed E-state index contributed by atoms with van der Waals surface area (Å²) in [6, 6.07) is 6.29. The third-order valence-corrected chi connectivity index (χ3v) is 5.55. The van der Waals surface area contributed by atoms with E-state index in [1.54, 1.807) is 28.6 Å². The molecule has 10 heteroatoms. The zero-order valence-corrected chi connectivity index (χ0v) is 16.4. The number of rotatable bonds is 5. The summed E-state index contributed by atoms with van der Waals surface area (Å²) in [6.45, 7) is -0.787. The number of methoxy groups -OCH3 is 1. The van der Waals surface area contributed by atoms with Crippen molar-refractivity contribution in [1.29, 1.82) is 0 Å². The van der Waals surface area contributed by atoms with Crippen molar-refractivity contribution in [3.63, 3.8) is 0 Å². The predicted molar refractivity (Wildman–Crippen MR) is 105 cm³/mol. The molecule has 29 heavy (non-hydrogen) atoms. The van der Waals surface area contributed by atoms with Crippen LogP contribution in [0.15, 0.2) is 36.0 Å². The molecule has 2 aromatic heterocycles. The number of carbonyl (C=O) groups is 1. The van der Waals surface area contributed by atoms with Gasteiger partial charge in [-0.1, -0.05) is 0 Å². The van der Waals surface area contributed by atoms with E-state index in [0.29, 0.717) is 26.2 Å². The summed E-state index contributed by atoms with van der Waals surface area (Å²) in [5.41, 5.74) is 0.275. The molecule has 1 aliphatic heterocycles. The van der Waals surface area contributed by atoms with Gasteiger partial charge >= 0.3 is 6.61 Å². The van der Waals surface area contributed by atoms with E-state index in [0.717, 1.165) is 16.0 Å². The van der Waals surface area contributed by atoms with Crippen molar-refractivity contribution in [2.45, 2.75) is 6.61 Å². The highest BCUT2D eigenvalue weighted by Gasteiger charge is 2.25. The summed E-state index contributed by atoms with van der Waals surface area (Å²) < 4.78 is 34.7. The highest BCUT2D eigenvalue weighted by molar-refractivity contribution is 7.16. The van der Waals surface area contributed by atoms with E-state index < -0.39 is 6.61 Å². The van der Waals surface area contributed by atoms with Gasteiger partial charge in [0.05, 0.1) is 12.5 Å². The van der Waals surface area contributed by atoms with Crippen LogP contribution < -0.4 is 14.4 Å². The van der Waals surface area contributed by atoms with Gasteiger partial charge in [-0.05, 0) is 29.6 Å². The zero-order chi connectivity index (χ0) is 20.4. The lowest BCUT2D eigenvalue weighted by Gasteiger charge is -2.35. The van der Waals surface area contributed by atoms with Crippen LogP contribution in [-0.2, 0) is 0 Å². The van der Waals surface area contributed by atoms with Crippen LogP contribution in [0.4, 0.5) is 14.6 Å². The summed E-state index contributed by atoms with van der Waals surface area (Å²) in [4.78, 5) is 26.3. The molecule has 0 radical (unpaired) electrons. The molecule has 1 amide bonds. The van der Waals surface area contributed by atoms with Crippen LogP contribution in [0.1, 0.15) is 10.4 Å². The number of alkyl halides is 2. The standard InChI is InChI=1S/C19H18F2N4O3S/c1-27-14-3-2-12(10-15(14)28-19(20)21)18(26)25-7-5-24(6-8-25)16-13-4-9-29-17(13)23-11-22-16/h2-4,9-11,19H,5-8H2,1H3. The number of thiophene rings is 1. The van der Waals surface area contributed by atoms with Crippen LogP contribution in [0.5, 0.6) is 11.5 Å². The first-order valence-corrected chi connectivity index (χ1v) is 9.80. The topological polar surface area (TPSA) is 67.8 Å². The summed E-state index contributed by atoms with van der Waals surface area (Å²) in [5, 5.41) is 2.98. The average molecular weight is 420 g/mol. The molecule has 0 unspecified atom stereocenters. The minimum absolute atomic E-state index is 0.148. The predicted octanol–water partition coefficient (Wildman–Crippen LogP) is 3.26. The molecule has 0 bridgehead atoms. The maximum Gasteiger partial charge on any atom is 0.387 e. The van der Waals surface area contributed by atoms with E-state index in [1.165, 1.54) is 19.2 Å². The van der Waals surface area contributed by atoms with Gasteiger partial charge in [-0.3, -0.25) is 4.79 Å². The van der Waals surface area contributed by atoms with Crippen LogP contribution >= 0.6 is 11.3 Å². The summed E-state index contributed by atoms with van der Waals surface area (Å²) in [6.07, 6.45) is 1.55. The molecule has 1 fully saturated rings. The SMILES string of the molecule is COc1ccc(C(=O)N2CCN(c3ncnc4sccc34)CC2)cc1OC(F)F. The molecular weight excluding hydrogens is 402 g/mol.